The number of rotatable bonds is 4. The maximum absolute atomic E-state index is 11.6. The van der Waals surface area contributed by atoms with Crippen LogP contribution >= 0.6 is 0 Å². The van der Waals surface area contributed by atoms with Gasteiger partial charge in [-0.05, 0) is 38.1 Å². The molecule has 0 aromatic carbocycles. The average Bonchev–Trinajstić information content (AvgIpc) is 2.86. The molecule has 1 saturated heterocycles. The molecule has 1 fully saturated rings. The second-order valence-corrected chi connectivity index (χ2v) is 4.57. The van der Waals surface area contributed by atoms with Crippen molar-refractivity contribution >= 4 is 5.91 Å². The van der Waals surface area contributed by atoms with Crippen LogP contribution in [-0.2, 0) is 4.79 Å². The third-order valence-corrected chi connectivity index (χ3v) is 3.27. The van der Waals surface area contributed by atoms with Crippen LogP contribution < -0.4 is 10.6 Å². The molecular formula is C12H20N2O. The quantitative estimate of drug-likeness (QED) is 0.682. The van der Waals surface area contributed by atoms with Crippen molar-refractivity contribution in [2.45, 2.75) is 38.1 Å². The summed E-state index contributed by atoms with van der Waals surface area (Å²) in [6, 6.07) is 0.507. The topological polar surface area (TPSA) is 41.1 Å². The summed E-state index contributed by atoms with van der Waals surface area (Å²) in [6.45, 7) is 1.90. The Morgan fingerprint density at radius 2 is 2.40 bits per heavy atom. The van der Waals surface area contributed by atoms with E-state index in [0.29, 0.717) is 18.4 Å². The lowest BCUT2D eigenvalue weighted by atomic mass is 10.1. The third-order valence-electron chi connectivity index (χ3n) is 3.27. The fraction of sp³-hybridized carbons (Fsp3) is 0.750. The van der Waals surface area contributed by atoms with Crippen LogP contribution in [0.1, 0.15) is 32.1 Å². The zero-order valence-corrected chi connectivity index (χ0v) is 9.17. The summed E-state index contributed by atoms with van der Waals surface area (Å²) < 4.78 is 0. The van der Waals surface area contributed by atoms with Gasteiger partial charge >= 0.3 is 0 Å². The molecule has 0 spiro atoms. The summed E-state index contributed by atoms with van der Waals surface area (Å²) in [6.07, 6.45) is 9.75. The van der Waals surface area contributed by atoms with Crippen molar-refractivity contribution in [3.8, 4) is 0 Å². The second-order valence-electron chi connectivity index (χ2n) is 4.57. The summed E-state index contributed by atoms with van der Waals surface area (Å²) in [7, 11) is 0. The largest absolute Gasteiger partial charge is 0.355 e. The molecule has 1 aliphatic heterocycles. The van der Waals surface area contributed by atoms with Crippen LogP contribution in [0.5, 0.6) is 0 Å². The first-order valence-electron chi connectivity index (χ1n) is 6.01. The highest BCUT2D eigenvalue weighted by molar-refractivity contribution is 5.76. The molecule has 1 heterocycles. The SMILES string of the molecule is O=C(CC1C=CCC1)NCC1CCCN1. The van der Waals surface area contributed by atoms with E-state index < -0.39 is 0 Å². The van der Waals surface area contributed by atoms with Crippen molar-refractivity contribution in [1.29, 1.82) is 0 Å². The highest BCUT2D eigenvalue weighted by Gasteiger charge is 2.17. The molecule has 3 nitrogen and oxygen atoms in total. The Bertz CT molecular complexity index is 244. The van der Waals surface area contributed by atoms with E-state index in [4.69, 9.17) is 0 Å². The fourth-order valence-corrected chi connectivity index (χ4v) is 2.34. The molecule has 84 valence electrons. The summed E-state index contributed by atoms with van der Waals surface area (Å²) in [5.74, 6) is 0.696. The minimum atomic E-state index is 0.209. The van der Waals surface area contributed by atoms with Crippen molar-refractivity contribution in [3.05, 3.63) is 12.2 Å². The van der Waals surface area contributed by atoms with Crippen LogP contribution in [0.2, 0.25) is 0 Å². The van der Waals surface area contributed by atoms with Gasteiger partial charge in [0.2, 0.25) is 5.91 Å². The number of carbonyl (C=O) groups is 1. The Kier molecular flexibility index (Phi) is 3.78. The summed E-state index contributed by atoms with van der Waals surface area (Å²) >= 11 is 0. The minimum Gasteiger partial charge on any atom is -0.355 e. The normalized spacial score (nSPS) is 29.6. The number of amides is 1. The van der Waals surface area contributed by atoms with Crippen molar-refractivity contribution in [3.63, 3.8) is 0 Å². The van der Waals surface area contributed by atoms with E-state index in [-0.39, 0.29) is 5.91 Å². The standard InChI is InChI=1S/C12H20N2O/c15-12(8-10-4-1-2-5-10)14-9-11-6-3-7-13-11/h1,4,10-11,13H,2-3,5-9H2,(H,14,15). The highest BCUT2D eigenvalue weighted by Crippen LogP contribution is 2.19. The maximum atomic E-state index is 11.6. The van der Waals surface area contributed by atoms with Gasteiger partial charge in [0, 0.05) is 19.0 Å². The summed E-state index contributed by atoms with van der Waals surface area (Å²) in [5, 5.41) is 6.39. The lowest BCUT2D eigenvalue weighted by Gasteiger charge is -2.12. The molecule has 2 aliphatic rings. The van der Waals surface area contributed by atoms with Crippen molar-refractivity contribution in [1.82, 2.24) is 10.6 Å². The molecule has 1 amide bonds. The van der Waals surface area contributed by atoms with Crippen molar-refractivity contribution in [2.24, 2.45) is 5.92 Å². The average molecular weight is 208 g/mol. The van der Waals surface area contributed by atoms with Crippen LogP contribution in [0, 0.1) is 5.92 Å². The molecule has 3 heteroatoms. The predicted octanol–water partition coefficient (Wildman–Crippen LogP) is 1.21. The van der Waals surface area contributed by atoms with Crippen LogP contribution in [0.15, 0.2) is 12.2 Å². The van der Waals surface area contributed by atoms with Gasteiger partial charge < -0.3 is 10.6 Å². The van der Waals surface area contributed by atoms with Crippen LogP contribution in [-0.4, -0.2) is 25.0 Å². The third kappa shape index (κ3) is 3.34. The molecule has 1 aliphatic carbocycles. The minimum absolute atomic E-state index is 0.209. The molecule has 0 aromatic rings. The second kappa shape index (κ2) is 5.31. The van der Waals surface area contributed by atoms with Crippen molar-refractivity contribution in [2.75, 3.05) is 13.1 Å². The predicted molar refractivity (Wildman–Crippen MR) is 60.5 cm³/mol. The molecule has 2 rings (SSSR count). The Morgan fingerprint density at radius 3 is 3.07 bits per heavy atom. The monoisotopic (exact) mass is 208 g/mol. The lowest BCUT2D eigenvalue weighted by molar-refractivity contribution is -0.121. The number of allylic oxidation sites excluding steroid dienone is 2. The van der Waals surface area contributed by atoms with E-state index in [1.54, 1.807) is 0 Å². The highest BCUT2D eigenvalue weighted by atomic mass is 16.1. The molecule has 0 bridgehead atoms. The molecule has 0 aromatic heterocycles. The zero-order valence-electron chi connectivity index (χ0n) is 9.17. The first kappa shape index (κ1) is 10.7. The van der Waals surface area contributed by atoms with Crippen LogP contribution in [0.25, 0.3) is 0 Å². The van der Waals surface area contributed by atoms with E-state index in [9.17, 15) is 4.79 Å². The van der Waals surface area contributed by atoms with Crippen LogP contribution in [0.3, 0.4) is 0 Å². The molecular weight excluding hydrogens is 188 g/mol. The van der Waals surface area contributed by atoms with Gasteiger partial charge in [-0.3, -0.25) is 4.79 Å². The first-order valence-corrected chi connectivity index (χ1v) is 6.01. The van der Waals surface area contributed by atoms with Crippen molar-refractivity contribution < 1.29 is 4.79 Å². The van der Waals surface area contributed by atoms with Gasteiger partial charge in [-0.1, -0.05) is 12.2 Å². The van der Waals surface area contributed by atoms with Gasteiger partial charge in [0.15, 0.2) is 0 Å². The smallest absolute Gasteiger partial charge is 0.220 e. The zero-order chi connectivity index (χ0) is 10.5. The first-order chi connectivity index (χ1) is 7.34. The fourth-order valence-electron chi connectivity index (χ4n) is 2.34. The van der Waals surface area contributed by atoms with Gasteiger partial charge in [0.1, 0.15) is 0 Å². The number of carbonyl (C=O) groups excluding carboxylic acids is 1. The van der Waals surface area contributed by atoms with Gasteiger partial charge in [0.05, 0.1) is 0 Å². The maximum Gasteiger partial charge on any atom is 0.220 e. The Labute approximate surface area is 91.3 Å². The lowest BCUT2D eigenvalue weighted by Crippen LogP contribution is -2.37. The molecule has 2 N–H and O–H groups in total. The van der Waals surface area contributed by atoms with Gasteiger partial charge in [-0.25, -0.2) is 0 Å². The van der Waals surface area contributed by atoms with E-state index in [1.807, 2.05) is 0 Å². The number of nitrogens with one attached hydrogen (secondary N) is 2. The summed E-state index contributed by atoms with van der Waals surface area (Å²) in [5.41, 5.74) is 0. The molecule has 2 unspecified atom stereocenters. The Morgan fingerprint density at radius 1 is 1.47 bits per heavy atom. The number of hydrogen-bond acceptors (Lipinski definition) is 2. The summed E-state index contributed by atoms with van der Waals surface area (Å²) in [4.78, 5) is 11.6. The molecule has 0 radical (unpaired) electrons. The Balaban J connectivity index is 1.61. The van der Waals surface area contributed by atoms with Gasteiger partial charge in [-0.15, -0.1) is 0 Å². The molecule has 15 heavy (non-hydrogen) atoms. The van der Waals surface area contributed by atoms with E-state index >= 15 is 0 Å². The van der Waals surface area contributed by atoms with E-state index in [0.717, 1.165) is 25.9 Å². The van der Waals surface area contributed by atoms with Gasteiger partial charge in [-0.2, -0.15) is 0 Å². The van der Waals surface area contributed by atoms with Crippen LogP contribution in [0.4, 0.5) is 0 Å². The molecule has 0 saturated carbocycles. The van der Waals surface area contributed by atoms with E-state index in [2.05, 4.69) is 22.8 Å². The van der Waals surface area contributed by atoms with E-state index in [1.165, 1.54) is 12.8 Å². The Hall–Kier alpha value is -0.830. The number of hydrogen-bond donors (Lipinski definition) is 2. The molecule has 2 atom stereocenters. The van der Waals surface area contributed by atoms with Gasteiger partial charge in [0.25, 0.3) is 0 Å².